The molecule has 0 radical (unpaired) electrons. The smallest absolute Gasteiger partial charge is 0.411 e. The summed E-state index contributed by atoms with van der Waals surface area (Å²) in [5.41, 5.74) is 0.528. The van der Waals surface area contributed by atoms with Gasteiger partial charge in [-0.1, -0.05) is 31.2 Å². The van der Waals surface area contributed by atoms with E-state index in [1.54, 1.807) is 23.1 Å². The summed E-state index contributed by atoms with van der Waals surface area (Å²) in [7, 11) is 0. The first-order chi connectivity index (χ1) is 15.5. The van der Waals surface area contributed by atoms with Crippen molar-refractivity contribution in [1.29, 1.82) is 5.26 Å². The average molecular weight is 434 g/mol. The fourth-order valence-corrected chi connectivity index (χ4v) is 4.52. The molecule has 32 heavy (non-hydrogen) atoms. The Kier molecular flexibility index (Phi) is 6.04. The Bertz CT molecular complexity index is 1050. The molecule has 2 aliphatic heterocycles. The molecule has 3 atom stereocenters. The molecule has 0 aromatic heterocycles. The van der Waals surface area contributed by atoms with Crippen LogP contribution >= 0.6 is 0 Å². The Labute approximate surface area is 187 Å². The first-order valence-corrected chi connectivity index (χ1v) is 11.0. The van der Waals surface area contributed by atoms with Crippen molar-refractivity contribution < 1.29 is 19.1 Å². The molecule has 2 amide bonds. The number of carbonyl (C=O) groups excluding carboxylic acids is 2. The van der Waals surface area contributed by atoms with Gasteiger partial charge >= 0.3 is 6.09 Å². The number of nitrogens with zero attached hydrogens (tertiary/aromatic N) is 2. The third-order valence-corrected chi connectivity index (χ3v) is 6.42. The number of likely N-dealkylation sites (tertiary alicyclic amines) is 1. The van der Waals surface area contributed by atoms with Crippen LogP contribution in [0.5, 0.6) is 11.5 Å². The number of amides is 2. The maximum absolute atomic E-state index is 13.2. The number of rotatable bonds is 5. The third-order valence-electron chi connectivity index (χ3n) is 6.42. The third kappa shape index (κ3) is 3.89. The fourth-order valence-electron chi connectivity index (χ4n) is 4.52. The Hall–Kier alpha value is -3.53. The van der Waals surface area contributed by atoms with Crippen LogP contribution < -0.4 is 10.1 Å². The van der Waals surface area contributed by atoms with E-state index in [1.807, 2.05) is 44.2 Å². The molecule has 0 saturated carbocycles. The normalized spacial score (nSPS) is 23.0. The van der Waals surface area contributed by atoms with Gasteiger partial charge in [-0.25, -0.2) is 4.79 Å². The molecule has 2 aliphatic rings. The summed E-state index contributed by atoms with van der Waals surface area (Å²) in [5, 5.41) is 12.1. The van der Waals surface area contributed by atoms with E-state index in [9.17, 15) is 14.9 Å². The van der Waals surface area contributed by atoms with Crippen LogP contribution in [-0.4, -0.2) is 35.1 Å². The number of ether oxygens (including phenoxy) is 2. The van der Waals surface area contributed by atoms with Gasteiger partial charge in [-0.2, -0.15) is 5.26 Å². The first-order valence-electron chi connectivity index (χ1n) is 11.0. The summed E-state index contributed by atoms with van der Waals surface area (Å²) in [6.45, 7) is 4.37. The van der Waals surface area contributed by atoms with Gasteiger partial charge < -0.3 is 14.8 Å². The number of benzene rings is 2. The number of nitriles is 1. The number of hydrogen-bond donors (Lipinski definition) is 1. The molecule has 1 spiro atoms. The van der Waals surface area contributed by atoms with Crippen molar-refractivity contribution in [1.82, 2.24) is 10.2 Å². The largest absolute Gasteiger partial charge is 0.456 e. The van der Waals surface area contributed by atoms with Gasteiger partial charge in [-0.15, -0.1) is 0 Å². The van der Waals surface area contributed by atoms with Gasteiger partial charge in [0.2, 0.25) is 5.91 Å². The van der Waals surface area contributed by atoms with Gasteiger partial charge in [0.25, 0.3) is 0 Å². The van der Waals surface area contributed by atoms with Gasteiger partial charge in [0, 0.05) is 6.54 Å². The van der Waals surface area contributed by atoms with Gasteiger partial charge in [0.15, 0.2) is 0 Å². The van der Waals surface area contributed by atoms with E-state index < -0.39 is 11.6 Å². The van der Waals surface area contributed by atoms with Crippen molar-refractivity contribution in [2.24, 2.45) is 0 Å². The molecule has 2 heterocycles. The molecular formula is C25H27N3O4. The van der Waals surface area contributed by atoms with Crippen molar-refractivity contribution in [2.45, 2.75) is 57.2 Å². The van der Waals surface area contributed by atoms with Crippen LogP contribution in [0.25, 0.3) is 0 Å². The van der Waals surface area contributed by atoms with E-state index in [4.69, 9.17) is 9.47 Å². The van der Waals surface area contributed by atoms with Gasteiger partial charge in [0.1, 0.15) is 29.2 Å². The van der Waals surface area contributed by atoms with Gasteiger partial charge in [-0.05, 0) is 62.4 Å². The van der Waals surface area contributed by atoms with Crippen molar-refractivity contribution in [3.8, 4) is 17.6 Å². The second-order valence-electron chi connectivity index (χ2n) is 8.34. The van der Waals surface area contributed by atoms with Crippen molar-refractivity contribution in [3.63, 3.8) is 0 Å². The lowest BCUT2D eigenvalue weighted by Gasteiger charge is -2.36. The molecule has 7 nitrogen and oxygen atoms in total. The quantitative estimate of drug-likeness (QED) is 0.739. The summed E-state index contributed by atoms with van der Waals surface area (Å²) < 4.78 is 11.5. The minimum Gasteiger partial charge on any atom is -0.456 e. The molecule has 2 saturated heterocycles. The van der Waals surface area contributed by atoms with E-state index in [0.717, 1.165) is 5.56 Å². The van der Waals surface area contributed by atoms with Crippen LogP contribution in [0, 0.1) is 11.3 Å². The SMILES string of the molecule is CCC(C)OC(=O)N1[C@@H](c2ccc(Oc3ccccc3C#N)cc2)CC[C@]12CCNC2=O. The summed E-state index contributed by atoms with van der Waals surface area (Å²) >= 11 is 0. The minimum absolute atomic E-state index is 0.103. The summed E-state index contributed by atoms with van der Waals surface area (Å²) in [6, 6.07) is 16.4. The number of hydrogen-bond acceptors (Lipinski definition) is 5. The maximum Gasteiger partial charge on any atom is 0.411 e. The van der Waals surface area contributed by atoms with E-state index in [2.05, 4.69) is 11.4 Å². The Morgan fingerprint density at radius 3 is 2.66 bits per heavy atom. The average Bonchev–Trinajstić information content (AvgIpc) is 3.38. The molecular weight excluding hydrogens is 406 g/mol. The molecule has 0 aliphatic carbocycles. The van der Waals surface area contributed by atoms with Crippen LogP contribution in [0.3, 0.4) is 0 Å². The second kappa shape index (κ2) is 8.91. The van der Waals surface area contributed by atoms with E-state index in [1.165, 1.54) is 0 Å². The highest BCUT2D eigenvalue weighted by Crippen LogP contribution is 2.47. The Morgan fingerprint density at radius 2 is 2.00 bits per heavy atom. The monoisotopic (exact) mass is 433 g/mol. The van der Waals surface area contributed by atoms with E-state index in [-0.39, 0.29) is 18.1 Å². The minimum atomic E-state index is -0.851. The van der Waals surface area contributed by atoms with Gasteiger partial charge in [-0.3, -0.25) is 9.69 Å². The molecule has 2 fully saturated rings. The van der Waals surface area contributed by atoms with Gasteiger partial charge in [0.05, 0.1) is 11.6 Å². The fraction of sp³-hybridized carbons (Fsp3) is 0.400. The summed E-state index contributed by atoms with van der Waals surface area (Å²) in [6.07, 6.45) is 1.92. The zero-order valence-electron chi connectivity index (χ0n) is 18.3. The predicted molar refractivity (Wildman–Crippen MR) is 118 cm³/mol. The zero-order chi connectivity index (χ0) is 22.7. The lowest BCUT2D eigenvalue weighted by atomic mass is 9.95. The standard InChI is InChI=1S/C25H27N3O4/c1-3-17(2)31-24(30)28-21(12-13-25(28)14-15-27-23(25)29)18-8-10-20(11-9-18)32-22-7-5-4-6-19(22)16-26/h4-11,17,21H,3,12-15H2,1-2H3,(H,27,29)/t17?,21-,25-/m1/s1. The lowest BCUT2D eigenvalue weighted by Crippen LogP contribution is -2.53. The topological polar surface area (TPSA) is 91.7 Å². The number of carbonyl (C=O) groups is 2. The number of nitrogens with one attached hydrogen (secondary N) is 1. The highest BCUT2D eigenvalue weighted by atomic mass is 16.6. The van der Waals surface area contributed by atoms with Crippen molar-refractivity contribution in [3.05, 3.63) is 59.7 Å². The van der Waals surface area contributed by atoms with Crippen molar-refractivity contribution >= 4 is 12.0 Å². The molecule has 1 unspecified atom stereocenters. The molecule has 2 aromatic rings. The highest BCUT2D eigenvalue weighted by molar-refractivity contribution is 5.92. The molecule has 4 rings (SSSR count). The number of para-hydroxylation sites is 1. The van der Waals surface area contributed by atoms with E-state index >= 15 is 0 Å². The Balaban J connectivity index is 1.59. The second-order valence-corrected chi connectivity index (χ2v) is 8.34. The molecule has 0 bridgehead atoms. The summed E-state index contributed by atoms with van der Waals surface area (Å²) in [5.74, 6) is 0.981. The predicted octanol–water partition coefficient (Wildman–Crippen LogP) is 4.68. The molecule has 7 heteroatoms. The highest BCUT2D eigenvalue weighted by Gasteiger charge is 2.57. The van der Waals surface area contributed by atoms with Crippen LogP contribution in [-0.2, 0) is 9.53 Å². The molecule has 166 valence electrons. The maximum atomic E-state index is 13.2. The van der Waals surface area contributed by atoms with Crippen molar-refractivity contribution in [2.75, 3.05) is 6.54 Å². The van der Waals surface area contributed by atoms with Crippen LogP contribution in [0.1, 0.15) is 56.7 Å². The molecule has 2 aromatic carbocycles. The Morgan fingerprint density at radius 1 is 1.25 bits per heavy atom. The van der Waals surface area contributed by atoms with Crippen LogP contribution in [0.4, 0.5) is 4.79 Å². The van der Waals surface area contributed by atoms with E-state index in [0.29, 0.717) is 49.3 Å². The molecule has 1 N–H and O–H groups in total. The van der Waals surface area contributed by atoms with Crippen LogP contribution in [0.2, 0.25) is 0 Å². The zero-order valence-corrected chi connectivity index (χ0v) is 18.3. The summed E-state index contributed by atoms with van der Waals surface area (Å²) in [4.78, 5) is 27.6. The van der Waals surface area contributed by atoms with Crippen LogP contribution in [0.15, 0.2) is 48.5 Å². The lowest BCUT2D eigenvalue weighted by molar-refractivity contribution is -0.128. The first kappa shape index (κ1) is 21.7.